The maximum atomic E-state index is 13.7. The van der Waals surface area contributed by atoms with Crippen LogP contribution >= 0.6 is 11.6 Å². The van der Waals surface area contributed by atoms with E-state index < -0.39 is 23.7 Å². The first-order chi connectivity index (χ1) is 9.82. The van der Waals surface area contributed by atoms with E-state index in [-0.39, 0.29) is 29.8 Å². The third kappa shape index (κ3) is 3.02. The molecule has 0 aliphatic carbocycles. The molecule has 1 amide bonds. The van der Waals surface area contributed by atoms with Crippen molar-refractivity contribution in [3.63, 3.8) is 0 Å². The van der Waals surface area contributed by atoms with Gasteiger partial charge in [-0.2, -0.15) is 0 Å². The molecule has 4 nitrogen and oxygen atoms in total. The lowest BCUT2D eigenvalue weighted by Gasteiger charge is -2.42. The zero-order chi connectivity index (χ0) is 15.7. The van der Waals surface area contributed by atoms with Gasteiger partial charge in [-0.25, -0.2) is 4.39 Å². The molecule has 0 bridgehead atoms. The van der Waals surface area contributed by atoms with Gasteiger partial charge in [0.2, 0.25) is 5.91 Å². The highest BCUT2D eigenvalue weighted by molar-refractivity contribution is 6.30. The smallest absolute Gasteiger partial charge is 0.308 e. The van der Waals surface area contributed by atoms with Crippen molar-refractivity contribution in [1.82, 2.24) is 4.90 Å². The van der Waals surface area contributed by atoms with Gasteiger partial charge in [-0.15, -0.1) is 0 Å². The molecule has 0 aromatic heterocycles. The Morgan fingerprint density at radius 3 is 2.67 bits per heavy atom. The molecule has 2 atom stereocenters. The summed E-state index contributed by atoms with van der Waals surface area (Å²) in [5.74, 6) is -2.44. The topological polar surface area (TPSA) is 57.6 Å². The van der Waals surface area contributed by atoms with Crippen LogP contribution in [0.3, 0.4) is 0 Å². The SMILES string of the molecule is CC(C)N1C(=O)CCC(C(=O)O)C1c1ccc(Cl)c(F)c1. The Kier molecular flexibility index (Phi) is 4.52. The average Bonchev–Trinajstić information content (AvgIpc) is 2.40. The van der Waals surface area contributed by atoms with E-state index in [9.17, 15) is 19.1 Å². The van der Waals surface area contributed by atoms with Gasteiger partial charge in [0.1, 0.15) is 5.82 Å². The lowest BCUT2D eigenvalue weighted by molar-refractivity contribution is -0.153. The molecule has 1 aromatic carbocycles. The van der Waals surface area contributed by atoms with E-state index in [1.54, 1.807) is 6.07 Å². The molecule has 1 aromatic rings. The Bertz CT molecular complexity index is 576. The number of rotatable bonds is 3. The van der Waals surface area contributed by atoms with Crippen molar-refractivity contribution in [2.45, 2.75) is 38.8 Å². The summed E-state index contributed by atoms with van der Waals surface area (Å²) in [6, 6.07) is 3.36. The van der Waals surface area contributed by atoms with Crippen molar-refractivity contribution in [2.24, 2.45) is 5.92 Å². The second-order valence-electron chi connectivity index (χ2n) is 5.50. The van der Waals surface area contributed by atoms with Crippen LogP contribution in [0.25, 0.3) is 0 Å². The van der Waals surface area contributed by atoms with Gasteiger partial charge >= 0.3 is 5.97 Å². The Hall–Kier alpha value is -1.62. The third-order valence-electron chi connectivity index (χ3n) is 3.80. The van der Waals surface area contributed by atoms with Gasteiger partial charge in [0.15, 0.2) is 0 Å². The van der Waals surface area contributed by atoms with Crippen LogP contribution in [-0.2, 0) is 9.59 Å². The third-order valence-corrected chi connectivity index (χ3v) is 4.10. The van der Waals surface area contributed by atoms with Gasteiger partial charge in [0.05, 0.1) is 17.0 Å². The quantitative estimate of drug-likeness (QED) is 0.932. The fraction of sp³-hybridized carbons (Fsp3) is 0.467. The summed E-state index contributed by atoms with van der Waals surface area (Å²) >= 11 is 5.67. The highest BCUT2D eigenvalue weighted by Gasteiger charge is 2.41. The van der Waals surface area contributed by atoms with Crippen LogP contribution in [0.1, 0.15) is 38.3 Å². The molecule has 1 heterocycles. The van der Waals surface area contributed by atoms with Gasteiger partial charge < -0.3 is 10.0 Å². The first-order valence-corrected chi connectivity index (χ1v) is 7.19. The van der Waals surface area contributed by atoms with Crippen LogP contribution < -0.4 is 0 Å². The summed E-state index contributed by atoms with van der Waals surface area (Å²) in [6.45, 7) is 3.64. The normalized spacial score (nSPS) is 22.7. The molecule has 2 unspecified atom stereocenters. The standard InChI is InChI=1S/C15H17ClFNO3/c1-8(2)18-13(19)6-4-10(15(20)21)14(18)9-3-5-11(16)12(17)7-9/h3,5,7-8,10,14H,4,6H2,1-2H3,(H,20,21). The first kappa shape index (κ1) is 15.8. The molecule has 114 valence electrons. The molecule has 1 aliphatic heterocycles. The van der Waals surface area contributed by atoms with Gasteiger partial charge in [0.25, 0.3) is 0 Å². The van der Waals surface area contributed by atoms with E-state index in [0.717, 1.165) is 0 Å². The summed E-state index contributed by atoms with van der Waals surface area (Å²) in [6.07, 6.45) is 0.452. The summed E-state index contributed by atoms with van der Waals surface area (Å²) in [4.78, 5) is 25.2. The highest BCUT2D eigenvalue weighted by Crippen LogP contribution is 2.39. The number of piperidine rings is 1. The molecule has 0 radical (unpaired) electrons. The molecular formula is C15H17ClFNO3. The van der Waals surface area contributed by atoms with Crippen molar-refractivity contribution in [2.75, 3.05) is 0 Å². The number of nitrogens with zero attached hydrogens (tertiary/aromatic N) is 1. The summed E-state index contributed by atoms with van der Waals surface area (Å²) in [5.41, 5.74) is 0.464. The number of carboxylic acids is 1. The number of likely N-dealkylation sites (tertiary alicyclic amines) is 1. The number of amides is 1. The minimum Gasteiger partial charge on any atom is -0.481 e. The second kappa shape index (κ2) is 6.02. The average molecular weight is 314 g/mol. The van der Waals surface area contributed by atoms with Gasteiger partial charge in [-0.3, -0.25) is 9.59 Å². The number of carboxylic acid groups (broad SMARTS) is 1. The monoisotopic (exact) mass is 313 g/mol. The predicted molar refractivity (Wildman–Crippen MR) is 76.5 cm³/mol. The first-order valence-electron chi connectivity index (χ1n) is 6.82. The van der Waals surface area contributed by atoms with Crippen LogP contribution in [-0.4, -0.2) is 27.9 Å². The Labute approximate surface area is 127 Å². The molecule has 0 spiro atoms. The van der Waals surface area contributed by atoms with Crippen LogP contribution in [0, 0.1) is 11.7 Å². The predicted octanol–water partition coefficient (Wildman–Crippen LogP) is 3.25. The number of hydrogen-bond donors (Lipinski definition) is 1. The molecule has 21 heavy (non-hydrogen) atoms. The zero-order valence-electron chi connectivity index (χ0n) is 11.8. The minimum atomic E-state index is -0.978. The highest BCUT2D eigenvalue weighted by atomic mass is 35.5. The molecule has 1 saturated heterocycles. The van der Waals surface area contributed by atoms with Crippen molar-refractivity contribution in [3.05, 3.63) is 34.6 Å². The minimum absolute atomic E-state index is 0.0242. The van der Waals surface area contributed by atoms with E-state index in [4.69, 9.17) is 11.6 Å². The number of aliphatic carboxylic acids is 1. The molecule has 1 N–H and O–H groups in total. The number of benzene rings is 1. The number of carbonyl (C=O) groups excluding carboxylic acids is 1. The summed E-state index contributed by atoms with van der Waals surface area (Å²) < 4.78 is 13.7. The van der Waals surface area contributed by atoms with Crippen LogP contribution in [0.4, 0.5) is 4.39 Å². The summed E-state index contributed by atoms with van der Waals surface area (Å²) in [7, 11) is 0. The summed E-state index contributed by atoms with van der Waals surface area (Å²) in [5, 5.41) is 9.40. The van der Waals surface area contributed by atoms with E-state index in [1.807, 2.05) is 13.8 Å². The number of halogens is 2. The van der Waals surface area contributed by atoms with Crippen molar-refractivity contribution < 1.29 is 19.1 Å². The molecule has 1 aliphatic rings. The van der Waals surface area contributed by atoms with E-state index >= 15 is 0 Å². The molecule has 0 saturated carbocycles. The Balaban J connectivity index is 2.51. The Morgan fingerprint density at radius 1 is 1.48 bits per heavy atom. The fourth-order valence-electron chi connectivity index (χ4n) is 2.87. The lowest BCUT2D eigenvalue weighted by atomic mass is 9.83. The molecule has 2 rings (SSSR count). The number of carbonyl (C=O) groups is 2. The zero-order valence-corrected chi connectivity index (χ0v) is 12.6. The maximum absolute atomic E-state index is 13.7. The maximum Gasteiger partial charge on any atom is 0.308 e. The van der Waals surface area contributed by atoms with Crippen LogP contribution in [0.5, 0.6) is 0 Å². The lowest BCUT2D eigenvalue weighted by Crippen LogP contribution is -2.48. The Morgan fingerprint density at radius 2 is 2.14 bits per heavy atom. The fourth-order valence-corrected chi connectivity index (χ4v) is 2.99. The van der Waals surface area contributed by atoms with Gasteiger partial charge in [0, 0.05) is 12.5 Å². The van der Waals surface area contributed by atoms with Crippen LogP contribution in [0.2, 0.25) is 5.02 Å². The number of hydrogen-bond acceptors (Lipinski definition) is 2. The molecule has 6 heteroatoms. The molecular weight excluding hydrogens is 297 g/mol. The van der Waals surface area contributed by atoms with Gasteiger partial charge in [-0.1, -0.05) is 17.7 Å². The van der Waals surface area contributed by atoms with Crippen molar-refractivity contribution >= 4 is 23.5 Å². The van der Waals surface area contributed by atoms with Gasteiger partial charge in [-0.05, 0) is 38.0 Å². The van der Waals surface area contributed by atoms with Crippen molar-refractivity contribution in [1.29, 1.82) is 0 Å². The van der Waals surface area contributed by atoms with E-state index in [1.165, 1.54) is 17.0 Å². The van der Waals surface area contributed by atoms with E-state index in [0.29, 0.717) is 5.56 Å². The van der Waals surface area contributed by atoms with Crippen LogP contribution in [0.15, 0.2) is 18.2 Å². The second-order valence-corrected chi connectivity index (χ2v) is 5.90. The van der Waals surface area contributed by atoms with Crippen molar-refractivity contribution in [3.8, 4) is 0 Å². The largest absolute Gasteiger partial charge is 0.481 e. The molecule has 1 fully saturated rings. The van der Waals surface area contributed by atoms with E-state index in [2.05, 4.69) is 0 Å².